The summed E-state index contributed by atoms with van der Waals surface area (Å²) >= 11 is 0. The molecule has 0 aliphatic carbocycles. The Bertz CT molecular complexity index is 1600. The van der Waals surface area contributed by atoms with E-state index in [9.17, 15) is 9.59 Å². The van der Waals surface area contributed by atoms with Crippen LogP contribution in [0.2, 0.25) is 0 Å². The number of carbonyl (C=O) groups excluding carboxylic acids is 2. The number of aromatic nitrogens is 4. The average molecular weight is 577 g/mol. The number of benzene rings is 3. The number of carbonyl (C=O) groups is 2. The zero-order valence-corrected chi connectivity index (χ0v) is 24.1. The van der Waals surface area contributed by atoms with E-state index in [1.165, 1.54) is 0 Å². The van der Waals surface area contributed by atoms with Crippen LogP contribution < -0.4 is 21.3 Å². The summed E-state index contributed by atoms with van der Waals surface area (Å²) in [6, 6.07) is 22.3. The van der Waals surface area contributed by atoms with E-state index in [2.05, 4.69) is 59.4 Å². The van der Waals surface area contributed by atoms with Crippen LogP contribution in [0.15, 0.2) is 97.6 Å². The summed E-state index contributed by atoms with van der Waals surface area (Å²) in [6.07, 6.45) is 7.91. The van der Waals surface area contributed by atoms with Gasteiger partial charge in [0.25, 0.3) is 5.91 Å². The van der Waals surface area contributed by atoms with Crippen LogP contribution in [0.25, 0.3) is 10.8 Å². The van der Waals surface area contributed by atoms with Gasteiger partial charge in [-0.05, 0) is 59.9 Å². The van der Waals surface area contributed by atoms with Gasteiger partial charge in [0.2, 0.25) is 11.9 Å². The largest absolute Gasteiger partial charge is 0.354 e. The molecule has 2 heterocycles. The maximum atomic E-state index is 13.6. The second kappa shape index (κ2) is 14.7. The van der Waals surface area contributed by atoms with Crippen molar-refractivity contribution in [1.82, 2.24) is 35.9 Å². The highest BCUT2D eigenvalue weighted by atomic mass is 16.2. The molecule has 0 aliphatic heterocycles. The first-order chi connectivity index (χ1) is 21.1. The number of amides is 2. The van der Waals surface area contributed by atoms with Crippen LogP contribution in [-0.2, 0) is 17.9 Å². The molecule has 0 aliphatic rings. The van der Waals surface area contributed by atoms with Crippen molar-refractivity contribution in [3.63, 3.8) is 0 Å². The quantitative estimate of drug-likeness (QED) is 0.123. The Morgan fingerprint density at radius 1 is 0.837 bits per heavy atom. The van der Waals surface area contributed by atoms with Crippen molar-refractivity contribution < 1.29 is 9.59 Å². The van der Waals surface area contributed by atoms with E-state index in [1.54, 1.807) is 43.0 Å². The summed E-state index contributed by atoms with van der Waals surface area (Å²) in [5.41, 5.74) is 2.55. The molecule has 43 heavy (non-hydrogen) atoms. The molecule has 2 atom stereocenters. The fourth-order valence-corrected chi connectivity index (χ4v) is 4.92. The van der Waals surface area contributed by atoms with E-state index in [1.807, 2.05) is 43.3 Å². The van der Waals surface area contributed by atoms with Crippen molar-refractivity contribution in [3.8, 4) is 0 Å². The molecule has 2 amide bonds. The van der Waals surface area contributed by atoms with Crippen molar-refractivity contribution in [2.45, 2.75) is 44.9 Å². The van der Waals surface area contributed by atoms with E-state index < -0.39 is 6.04 Å². The standard InChI is InChI=1S/C33H36N8O2/c1-23(27-10-4-8-25-7-2-3-9-28(25)27)40-32(43)29(11-5-16-37-33-38-17-6-18-39-33)41-31(42)26-14-12-24(13-15-26)21-34-22-30-35-19-20-36-30/h2-4,6-10,12-15,17-20,23,29,34H,5,11,16,21-22H2,1H3,(H,35,36)(H,40,43)(H,41,42)(H,37,38,39)/t23-,29-/m0/s1. The predicted octanol–water partition coefficient (Wildman–Crippen LogP) is 4.51. The summed E-state index contributed by atoms with van der Waals surface area (Å²) in [5.74, 6) is 0.855. The van der Waals surface area contributed by atoms with E-state index >= 15 is 0 Å². The molecule has 10 nitrogen and oxygen atoms in total. The molecule has 5 aromatic rings. The predicted molar refractivity (Wildman–Crippen MR) is 167 cm³/mol. The first-order valence-corrected chi connectivity index (χ1v) is 14.4. The Hall–Kier alpha value is -5.09. The van der Waals surface area contributed by atoms with E-state index in [4.69, 9.17) is 0 Å². The van der Waals surface area contributed by atoms with Gasteiger partial charge in [0.05, 0.1) is 12.6 Å². The first-order valence-electron chi connectivity index (χ1n) is 14.4. The van der Waals surface area contributed by atoms with Gasteiger partial charge in [-0.2, -0.15) is 0 Å². The second-order valence-corrected chi connectivity index (χ2v) is 10.3. The van der Waals surface area contributed by atoms with Crippen molar-refractivity contribution in [2.75, 3.05) is 11.9 Å². The van der Waals surface area contributed by atoms with Crippen molar-refractivity contribution in [3.05, 3.63) is 120 Å². The Morgan fingerprint density at radius 3 is 2.42 bits per heavy atom. The molecular formula is C33H36N8O2. The zero-order chi connectivity index (χ0) is 29.9. The van der Waals surface area contributed by atoms with Gasteiger partial charge in [-0.25, -0.2) is 15.0 Å². The number of rotatable bonds is 14. The third-order valence-corrected chi connectivity index (χ3v) is 7.18. The van der Waals surface area contributed by atoms with Crippen LogP contribution >= 0.6 is 0 Å². The van der Waals surface area contributed by atoms with Crippen LogP contribution in [-0.4, -0.2) is 44.3 Å². The average Bonchev–Trinajstić information content (AvgIpc) is 3.56. The van der Waals surface area contributed by atoms with Gasteiger partial charge in [0.15, 0.2) is 0 Å². The van der Waals surface area contributed by atoms with E-state index in [-0.39, 0.29) is 17.9 Å². The number of aromatic amines is 1. The van der Waals surface area contributed by atoms with Gasteiger partial charge in [0, 0.05) is 43.4 Å². The summed E-state index contributed by atoms with van der Waals surface area (Å²) in [7, 11) is 0. The lowest BCUT2D eigenvalue weighted by Crippen LogP contribution is -2.47. The van der Waals surface area contributed by atoms with Gasteiger partial charge in [-0.3, -0.25) is 9.59 Å². The lowest BCUT2D eigenvalue weighted by molar-refractivity contribution is -0.123. The molecule has 0 radical (unpaired) electrons. The highest BCUT2D eigenvalue weighted by molar-refractivity contribution is 5.97. The monoisotopic (exact) mass is 576 g/mol. The molecule has 0 bridgehead atoms. The maximum absolute atomic E-state index is 13.6. The van der Waals surface area contributed by atoms with Crippen molar-refractivity contribution in [1.29, 1.82) is 0 Å². The summed E-state index contributed by atoms with van der Waals surface area (Å²) in [5, 5.41) is 14.8. The van der Waals surface area contributed by atoms with Crippen LogP contribution in [0.1, 0.15) is 53.1 Å². The molecule has 0 fully saturated rings. The SMILES string of the molecule is C[C@H](NC(=O)[C@H](CCCNc1ncccn1)NC(=O)c1ccc(CNCc2ncc[nH]2)cc1)c1cccc2ccccc12. The fraction of sp³-hybridized carbons (Fsp3) is 0.242. The minimum Gasteiger partial charge on any atom is -0.354 e. The number of imidazole rings is 1. The molecule has 3 aromatic carbocycles. The third kappa shape index (κ3) is 8.23. The zero-order valence-electron chi connectivity index (χ0n) is 24.1. The second-order valence-electron chi connectivity index (χ2n) is 10.3. The third-order valence-electron chi connectivity index (χ3n) is 7.18. The normalized spacial score (nSPS) is 12.4. The number of fused-ring (bicyclic) bond motifs is 1. The molecule has 0 unspecified atom stereocenters. The van der Waals surface area contributed by atoms with Gasteiger partial charge < -0.3 is 26.3 Å². The fourth-order valence-electron chi connectivity index (χ4n) is 4.92. The maximum Gasteiger partial charge on any atom is 0.251 e. The number of hydrogen-bond donors (Lipinski definition) is 5. The summed E-state index contributed by atoms with van der Waals surface area (Å²) in [4.78, 5) is 42.5. The van der Waals surface area contributed by atoms with Crippen molar-refractivity contribution >= 4 is 28.5 Å². The number of H-pyrrole nitrogens is 1. The summed E-state index contributed by atoms with van der Waals surface area (Å²) < 4.78 is 0. The molecular weight excluding hydrogens is 540 g/mol. The molecule has 0 saturated heterocycles. The highest BCUT2D eigenvalue weighted by Crippen LogP contribution is 2.24. The highest BCUT2D eigenvalue weighted by Gasteiger charge is 2.23. The number of nitrogens with one attached hydrogen (secondary N) is 5. The van der Waals surface area contributed by atoms with Crippen molar-refractivity contribution in [2.24, 2.45) is 0 Å². The number of nitrogens with zero attached hydrogens (tertiary/aromatic N) is 3. The summed E-state index contributed by atoms with van der Waals surface area (Å²) in [6.45, 7) is 3.78. The Labute approximate surface area is 250 Å². The first kappa shape index (κ1) is 29.4. The smallest absolute Gasteiger partial charge is 0.251 e. The number of anilines is 1. The lowest BCUT2D eigenvalue weighted by atomic mass is 9.99. The van der Waals surface area contributed by atoms with Gasteiger partial charge in [-0.15, -0.1) is 0 Å². The minimum absolute atomic E-state index is 0.233. The Balaban J connectivity index is 1.22. The molecule has 5 rings (SSSR count). The van der Waals surface area contributed by atoms with Crippen LogP contribution in [0.4, 0.5) is 5.95 Å². The van der Waals surface area contributed by atoms with Gasteiger partial charge >= 0.3 is 0 Å². The van der Waals surface area contributed by atoms with Crippen LogP contribution in [0.3, 0.4) is 0 Å². The Kier molecular flexibility index (Phi) is 10.0. The lowest BCUT2D eigenvalue weighted by Gasteiger charge is -2.23. The minimum atomic E-state index is -0.724. The molecule has 0 spiro atoms. The topological polar surface area (TPSA) is 137 Å². The molecule has 5 N–H and O–H groups in total. The number of hydrogen-bond acceptors (Lipinski definition) is 7. The Morgan fingerprint density at radius 2 is 1.63 bits per heavy atom. The molecule has 10 heteroatoms. The molecule has 2 aromatic heterocycles. The van der Waals surface area contributed by atoms with E-state index in [0.717, 1.165) is 27.7 Å². The molecule has 0 saturated carbocycles. The van der Waals surface area contributed by atoms with Gasteiger partial charge in [-0.1, -0.05) is 54.6 Å². The van der Waals surface area contributed by atoms with Crippen LogP contribution in [0, 0.1) is 0 Å². The van der Waals surface area contributed by atoms with Crippen LogP contribution in [0.5, 0.6) is 0 Å². The van der Waals surface area contributed by atoms with Gasteiger partial charge in [0.1, 0.15) is 11.9 Å². The van der Waals surface area contributed by atoms with E-state index in [0.29, 0.717) is 44.0 Å². The molecule has 220 valence electrons.